The maximum absolute atomic E-state index is 3.59. The molecule has 66 heavy (non-hydrogen) atoms. The predicted molar refractivity (Wildman–Crippen MR) is 279 cm³/mol. The molecule has 2 N–H and O–H groups in total. The lowest BCUT2D eigenvalue weighted by Gasteiger charge is -2.24. The fourth-order valence-corrected chi connectivity index (χ4v) is 11.0. The van der Waals surface area contributed by atoms with E-state index in [0.29, 0.717) is 0 Å². The van der Waals surface area contributed by atoms with Gasteiger partial charge in [0.15, 0.2) is 11.4 Å². The molecule has 0 fully saturated rings. The number of nitrogens with one attached hydrogen (secondary N) is 2. The molecular weight excluding hydrogens is 801 g/mol. The van der Waals surface area contributed by atoms with Crippen LogP contribution in [0.3, 0.4) is 0 Å². The van der Waals surface area contributed by atoms with Crippen molar-refractivity contribution >= 4 is 55.7 Å². The van der Waals surface area contributed by atoms with E-state index in [1.165, 1.54) is 66.6 Å². The number of allylic oxidation sites excluding steroid dienone is 2. The maximum atomic E-state index is 3.59. The Bertz CT molecular complexity index is 2880. The number of hydrogen-bond donors (Lipinski definition) is 2. The molecule has 8 aromatic rings. The van der Waals surface area contributed by atoms with Crippen molar-refractivity contribution in [2.24, 2.45) is 0 Å². The van der Waals surface area contributed by atoms with E-state index in [1.807, 2.05) is 0 Å². The van der Waals surface area contributed by atoms with E-state index in [0.717, 1.165) is 63.0 Å². The van der Waals surface area contributed by atoms with Gasteiger partial charge >= 0.3 is 0 Å². The van der Waals surface area contributed by atoms with Crippen LogP contribution < -0.4 is 10.6 Å². The number of fused-ring (bicyclic) bond motifs is 6. The summed E-state index contributed by atoms with van der Waals surface area (Å²) in [6.07, 6.45) is 15.3. The molecule has 0 saturated carbocycles. The van der Waals surface area contributed by atoms with Gasteiger partial charge in [0, 0.05) is 72.0 Å². The second-order valence-electron chi connectivity index (χ2n) is 18.5. The third-order valence-corrected chi connectivity index (χ3v) is 14.1. The molecule has 0 aliphatic carbocycles. The van der Waals surface area contributed by atoms with Crippen molar-refractivity contribution < 1.29 is 9.15 Å². The van der Waals surface area contributed by atoms with Gasteiger partial charge in [-0.25, -0.2) is 0 Å². The van der Waals surface area contributed by atoms with Crippen molar-refractivity contribution in [2.75, 3.05) is 23.7 Å². The van der Waals surface area contributed by atoms with Crippen molar-refractivity contribution in [3.8, 4) is 0 Å². The molecule has 2 atom stereocenters. The molecule has 0 saturated heterocycles. The summed E-state index contributed by atoms with van der Waals surface area (Å²) >= 11 is 0. The Hall–Kier alpha value is -7.30. The van der Waals surface area contributed by atoms with Gasteiger partial charge in [-0.15, -0.1) is 0 Å². The standard InChI is InChI=1S/C62H58N4/c1-61(45-47-23-9-5-10-24-47)57(39-41-63-51-29-13-7-14-30-51)65(55-37-35-49-27-17-19-33-53(49)59(55)61)43-21-3-4-22-44-66-56-38-36-50-28-18-20-34-54(50)60(56)62(2,46-48-25-11-6-12-26-48)58(66)40-42-64-52-31-15-8-16-32-52/h5-20,23-42H,3-4,21-22,43-46H2,1-2H3/p+2. The number of hydrogen-bond acceptors (Lipinski definition) is 2. The van der Waals surface area contributed by atoms with Gasteiger partial charge in [-0.1, -0.05) is 146 Å². The monoisotopic (exact) mass is 860 g/mol. The van der Waals surface area contributed by atoms with Crippen LogP contribution in [0.2, 0.25) is 0 Å². The minimum absolute atomic E-state index is 0.235. The van der Waals surface area contributed by atoms with Crippen LogP contribution in [0.15, 0.2) is 219 Å². The van der Waals surface area contributed by atoms with Crippen molar-refractivity contribution in [3.63, 3.8) is 0 Å². The molecule has 2 heterocycles. The Morgan fingerprint density at radius 1 is 0.394 bits per heavy atom. The molecular formula is C62H60N4+2. The summed E-state index contributed by atoms with van der Waals surface area (Å²) in [5.41, 5.74) is 12.6. The van der Waals surface area contributed by atoms with E-state index in [4.69, 9.17) is 0 Å². The van der Waals surface area contributed by atoms with E-state index in [1.54, 1.807) is 0 Å². The van der Waals surface area contributed by atoms with Gasteiger partial charge in [0.05, 0.1) is 10.8 Å². The average Bonchev–Trinajstić information content (AvgIpc) is 3.73. The summed E-state index contributed by atoms with van der Waals surface area (Å²) in [4.78, 5) is 0. The Labute approximate surface area is 391 Å². The smallest absolute Gasteiger partial charge is 0.210 e. The molecule has 2 unspecified atom stereocenters. The van der Waals surface area contributed by atoms with Crippen LogP contribution in [-0.2, 0) is 23.7 Å². The van der Waals surface area contributed by atoms with Gasteiger partial charge in [-0.3, -0.25) is 0 Å². The first-order valence-electron chi connectivity index (χ1n) is 23.9. The van der Waals surface area contributed by atoms with Gasteiger partial charge < -0.3 is 10.6 Å². The van der Waals surface area contributed by atoms with Crippen LogP contribution in [0.4, 0.5) is 22.7 Å². The molecule has 0 amide bonds. The molecule has 0 bridgehead atoms. The summed E-state index contributed by atoms with van der Waals surface area (Å²) in [5.74, 6) is 0. The number of anilines is 2. The van der Waals surface area contributed by atoms with Gasteiger partial charge in [0.2, 0.25) is 11.4 Å². The molecule has 4 nitrogen and oxygen atoms in total. The third-order valence-electron chi connectivity index (χ3n) is 14.1. The zero-order chi connectivity index (χ0) is 44.8. The molecule has 0 spiro atoms. The zero-order valence-corrected chi connectivity index (χ0v) is 38.3. The zero-order valence-electron chi connectivity index (χ0n) is 38.3. The lowest BCUT2D eigenvalue weighted by molar-refractivity contribution is -0.440. The van der Waals surface area contributed by atoms with Crippen molar-refractivity contribution in [2.45, 2.75) is 63.2 Å². The van der Waals surface area contributed by atoms with Crippen LogP contribution in [0, 0.1) is 0 Å². The van der Waals surface area contributed by atoms with Crippen LogP contribution in [0.1, 0.15) is 61.8 Å². The van der Waals surface area contributed by atoms with Crippen LogP contribution in [-0.4, -0.2) is 33.7 Å². The highest BCUT2D eigenvalue weighted by Crippen LogP contribution is 2.48. The summed E-state index contributed by atoms with van der Waals surface area (Å²) in [5, 5.41) is 12.4. The fourth-order valence-electron chi connectivity index (χ4n) is 11.0. The molecule has 8 aromatic carbocycles. The molecule has 0 radical (unpaired) electrons. The third kappa shape index (κ3) is 8.52. The van der Waals surface area contributed by atoms with Gasteiger partial charge in [-0.05, 0) is 109 Å². The number of rotatable bonds is 17. The van der Waals surface area contributed by atoms with Gasteiger partial charge in [0.25, 0.3) is 0 Å². The average molecular weight is 861 g/mol. The van der Waals surface area contributed by atoms with E-state index < -0.39 is 0 Å². The minimum atomic E-state index is -0.235. The van der Waals surface area contributed by atoms with E-state index in [-0.39, 0.29) is 10.8 Å². The van der Waals surface area contributed by atoms with Crippen molar-refractivity contribution in [1.82, 2.24) is 0 Å². The van der Waals surface area contributed by atoms with Crippen LogP contribution >= 0.6 is 0 Å². The highest BCUT2D eigenvalue weighted by atomic mass is 15.1. The number of para-hydroxylation sites is 2. The topological polar surface area (TPSA) is 30.1 Å². The molecule has 10 rings (SSSR count). The largest absolute Gasteiger partial charge is 0.361 e. The molecule has 2 aliphatic heterocycles. The highest BCUT2D eigenvalue weighted by molar-refractivity contribution is 6.09. The molecule has 2 aliphatic rings. The van der Waals surface area contributed by atoms with Gasteiger partial charge in [-0.2, -0.15) is 9.15 Å². The first-order valence-corrected chi connectivity index (χ1v) is 23.9. The Kier molecular flexibility index (Phi) is 12.3. The molecule has 326 valence electrons. The van der Waals surface area contributed by atoms with E-state index >= 15 is 0 Å². The second kappa shape index (κ2) is 19.0. The summed E-state index contributed by atoms with van der Waals surface area (Å²) in [6, 6.07) is 70.3. The number of benzene rings is 8. The maximum Gasteiger partial charge on any atom is 0.210 e. The normalized spacial score (nSPS) is 17.9. The SMILES string of the molecule is CC1(Cc2ccccc2)C(C=CNc2ccccc2)=[N+](CCCCCC[N+]2=C(C=CNc3ccccc3)C(C)(Cc3ccccc3)c3c2ccc2ccccc32)c2ccc3ccccc3c21. The number of nitrogens with zero attached hydrogens (tertiary/aromatic N) is 2. The Morgan fingerprint density at radius 2 is 0.758 bits per heavy atom. The second-order valence-corrected chi connectivity index (χ2v) is 18.5. The summed E-state index contributed by atoms with van der Waals surface area (Å²) < 4.78 is 5.28. The highest BCUT2D eigenvalue weighted by Gasteiger charge is 2.50. The molecule has 0 aromatic heterocycles. The Balaban J connectivity index is 0.948. The molecule has 4 heteroatoms. The van der Waals surface area contributed by atoms with E-state index in [9.17, 15) is 0 Å². The van der Waals surface area contributed by atoms with Crippen molar-refractivity contribution in [1.29, 1.82) is 0 Å². The van der Waals surface area contributed by atoms with E-state index in [2.05, 4.69) is 252 Å². The minimum Gasteiger partial charge on any atom is -0.361 e. The lowest BCUT2D eigenvalue weighted by Crippen LogP contribution is -2.34. The fraction of sp³-hybridized carbons (Fsp3) is 0.194. The first-order chi connectivity index (χ1) is 32.5. The van der Waals surface area contributed by atoms with Crippen LogP contribution in [0.25, 0.3) is 21.5 Å². The summed E-state index contributed by atoms with van der Waals surface area (Å²) in [6.45, 7) is 6.85. The lowest BCUT2D eigenvalue weighted by atomic mass is 9.73. The van der Waals surface area contributed by atoms with Crippen molar-refractivity contribution in [3.05, 3.63) is 241 Å². The van der Waals surface area contributed by atoms with Gasteiger partial charge in [0.1, 0.15) is 13.1 Å². The predicted octanol–water partition coefficient (Wildman–Crippen LogP) is 14.7. The summed E-state index contributed by atoms with van der Waals surface area (Å²) in [7, 11) is 0. The number of unbranched alkanes of at least 4 members (excludes halogenated alkanes) is 3. The quantitative estimate of drug-likeness (QED) is 0.0706. The van der Waals surface area contributed by atoms with Crippen LogP contribution in [0.5, 0.6) is 0 Å². The Morgan fingerprint density at radius 3 is 1.17 bits per heavy atom. The first kappa shape index (κ1) is 42.6.